The van der Waals surface area contributed by atoms with Crippen LogP contribution in [0, 0.1) is 0 Å². The molecule has 2 aliphatic heterocycles. The molecule has 2 saturated heterocycles. The van der Waals surface area contributed by atoms with Crippen molar-refractivity contribution in [2.24, 2.45) is 0 Å². The number of rotatable bonds is 5. The molecule has 0 bridgehead atoms. The van der Waals surface area contributed by atoms with Crippen molar-refractivity contribution < 1.29 is 23.8 Å². The summed E-state index contributed by atoms with van der Waals surface area (Å²) in [6.07, 6.45) is 1.38. The van der Waals surface area contributed by atoms with Crippen molar-refractivity contribution in [1.29, 1.82) is 0 Å². The first-order valence-corrected chi connectivity index (χ1v) is 7.36. The molecule has 7 heteroatoms. The number of carbonyl (C=O) groups is 2. The van der Waals surface area contributed by atoms with Crippen LogP contribution in [0.5, 0.6) is 0 Å². The topological polar surface area (TPSA) is 68.3 Å². The summed E-state index contributed by atoms with van der Waals surface area (Å²) in [4.78, 5) is 27.1. The maximum atomic E-state index is 12.3. The highest BCUT2D eigenvalue weighted by molar-refractivity contribution is 5.83. The highest BCUT2D eigenvalue weighted by Crippen LogP contribution is 2.31. The van der Waals surface area contributed by atoms with Gasteiger partial charge in [-0.1, -0.05) is 0 Å². The molecule has 0 saturated carbocycles. The molecule has 120 valence electrons. The van der Waals surface area contributed by atoms with Gasteiger partial charge in [-0.15, -0.1) is 0 Å². The fraction of sp³-hybridized carbons (Fsp3) is 0.857. The number of nitrogens with zero attached hydrogens (tertiary/aromatic N) is 2. The van der Waals surface area contributed by atoms with Crippen LogP contribution in [0.25, 0.3) is 0 Å². The normalized spacial score (nSPS) is 20.8. The van der Waals surface area contributed by atoms with E-state index in [1.54, 1.807) is 12.0 Å². The third-order valence-corrected chi connectivity index (χ3v) is 4.03. The first-order chi connectivity index (χ1) is 10.1. The molecule has 0 aliphatic carbocycles. The summed E-state index contributed by atoms with van der Waals surface area (Å²) in [5.41, 5.74) is 0. The molecule has 0 aromatic rings. The lowest BCUT2D eigenvalue weighted by atomic mass is 10.0. The van der Waals surface area contributed by atoms with Gasteiger partial charge in [-0.3, -0.25) is 9.59 Å². The SMILES string of the molecule is COCCN(CC(=O)N1CCC2(CC1)OCCO2)C(C)=O. The molecule has 0 aromatic heterocycles. The number of likely N-dealkylation sites (tertiary alicyclic amines) is 1. The quantitative estimate of drug-likeness (QED) is 0.706. The van der Waals surface area contributed by atoms with Crippen LogP contribution >= 0.6 is 0 Å². The molecule has 1 spiro atoms. The summed E-state index contributed by atoms with van der Waals surface area (Å²) in [6, 6.07) is 0. The van der Waals surface area contributed by atoms with Gasteiger partial charge >= 0.3 is 0 Å². The zero-order valence-electron chi connectivity index (χ0n) is 12.8. The summed E-state index contributed by atoms with van der Waals surface area (Å²) >= 11 is 0. The van der Waals surface area contributed by atoms with Crippen LogP contribution in [0.1, 0.15) is 19.8 Å². The van der Waals surface area contributed by atoms with Crippen molar-refractivity contribution in [1.82, 2.24) is 9.80 Å². The van der Waals surface area contributed by atoms with Gasteiger partial charge < -0.3 is 24.0 Å². The average Bonchev–Trinajstić information content (AvgIpc) is 2.92. The van der Waals surface area contributed by atoms with E-state index >= 15 is 0 Å². The van der Waals surface area contributed by atoms with Crippen molar-refractivity contribution in [2.75, 3.05) is 53.1 Å². The molecule has 2 rings (SSSR count). The second-order valence-electron chi connectivity index (χ2n) is 5.42. The van der Waals surface area contributed by atoms with Gasteiger partial charge in [0.05, 0.1) is 26.4 Å². The zero-order valence-corrected chi connectivity index (χ0v) is 12.8. The lowest BCUT2D eigenvalue weighted by Gasteiger charge is -2.38. The first-order valence-electron chi connectivity index (χ1n) is 7.36. The molecule has 7 nitrogen and oxygen atoms in total. The molecule has 2 fully saturated rings. The van der Waals surface area contributed by atoms with Crippen LogP contribution in [0.4, 0.5) is 0 Å². The number of carbonyl (C=O) groups excluding carboxylic acids is 2. The summed E-state index contributed by atoms with van der Waals surface area (Å²) in [7, 11) is 1.58. The number of hydrogen-bond donors (Lipinski definition) is 0. The van der Waals surface area contributed by atoms with Crippen molar-refractivity contribution in [3.8, 4) is 0 Å². The fourth-order valence-corrected chi connectivity index (χ4v) is 2.70. The van der Waals surface area contributed by atoms with E-state index in [9.17, 15) is 9.59 Å². The largest absolute Gasteiger partial charge is 0.383 e. The van der Waals surface area contributed by atoms with Crippen molar-refractivity contribution in [3.63, 3.8) is 0 Å². The predicted molar refractivity (Wildman–Crippen MR) is 74.6 cm³/mol. The number of piperidine rings is 1. The minimum atomic E-state index is -0.479. The molecule has 21 heavy (non-hydrogen) atoms. The van der Waals surface area contributed by atoms with Gasteiger partial charge in [-0.25, -0.2) is 0 Å². The number of amides is 2. The summed E-state index contributed by atoms with van der Waals surface area (Å²) < 4.78 is 16.2. The first kappa shape index (κ1) is 16.2. The van der Waals surface area contributed by atoms with Gasteiger partial charge in [0, 0.05) is 46.5 Å². The molecule has 2 aliphatic rings. The molecule has 2 amide bonds. The Morgan fingerprint density at radius 1 is 1.24 bits per heavy atom. The van der Waals surface area contributed by atoms with Gasteiger partial charge in [-0.05, 0) is 0 Å². The lowest BCUT2D eigenvalue weighted by molar-refractivity contribution is -0.187. The Kier molecular flexibility index (Phi) is 5.55. The summed E-state index contributed by atoms with van der Waals surface area (Å²) in [6.45, 7) is 4.90. The van der Waals surface area contributed by atoms with Crippen molar-refractivity contribution in [2.45, 2.75) is 25.6 Å². The van der Waals surface area contributed by atoms with Gasteiger partial charge in [0.25, 0.3) is 0 Å². The van der Waals surface area contributed by atoms with Crippen molar-refractivity contribution in [3.05, 3.63) is 0 Å². The van der Waals surface area contributed by atoms with E-state index in [2.05, 4.69) is 0 Å². The van der Waals surface area contributed by atoms with E-state index in [1.165, 1.54) is 11.8 Å². The smallest absolute Gasteiger partial charge is 0.242 e. The number of hydrogen-bond acceptors (Lipinski definition) is 5. The van der Waals surface area contributed by atoms with E-state index in [4.69, 9.17) is 14.2 Å². The lowest BCUT2D eigenvalue weighted by Crippen LogP contribution is -2.50. The van der Waals surface area contributed by atoms with E-state index in [-0.39, 0.29) is 18.4 Å². The van der Waals surface area contributed by atoms with E-state index in [0.29, 0.717) is 52.3 Å². The van der Waals surface area contributed by atoms with Gasteiger partial charge in [0.1, 0.15) is 0 Å². The Morgan fingerprint density at radius 3 is 2.38 bits per heavy atom. The highest BCUT2D eigenvalue weighted by atomic mass is 16.7. The Morgan fingerprint density at radius 2 is 1.86 bits per heavy atom. The van der Waals surface area contributed by atoms with E-state index in [1.807, 2.05) is 0 Å². The van der Waals surface area contributed by atoms with Crippen LogP contribution in [0.3, 0.4) is 0 Å². The van der Waals surface area contributed by atoms with E-state index < -0.39 is 5.79 Å². The van der Waals surface area contributed by atoms with Gasteiger partial charge in [0.2, 0.25) is 11.8 Å². The maximum Gasteiger partial charge on any atom is 0.242 e. The van der Waals surface area contributed by atoms with E-state index in [0.717, 1.165) is 0 Å². The molecule has 0 aromatic carbocycles. The Labute approximate surface area is 125 Å². The molecule has 0 N–H and O–H groups in total. The molecule has 2 heterocycles. The molecular formula is C14H24N2O5. The maximum absolute atomic E-state index is 12.3. The van der Waals surface area contributed by atoms with Gasteiger partial charge in [0.15, 0.2) is 5.79 Å². The molecule has 0 radical (unpaired) electrons. The van der Waals surface area contributed by atoms with Crippen LogP contribution in [0.2, 0.25) is 0 Å². The number of ether oxygens (including phenoxy) is 3. The standard InChI is InChI=1S/C14H24N2O5/c1-12(17)16(7-8-19-2)11-13(18)15-5-3-14(4-6-15)20-9-10-21-14/h3-11H2,1-2H3. The summed E-state index contributed by atoms with van der Waals surface area (Å²) in [5, 5.41) is 0. The van der Waals surface area contributed by atoms with Crippen LogP contribution in [0.15, 0.2) is 0 Å². The second kappa shape index (κ2) is 7.20. The van der Waals surface area contributed by atoms with Crippen LogP contribution < -0.4 is 0 Å². The fourth-order valence-electron chi connectivity index (χ4n) is 2.70. The molecular weight excluding hydrogens is 276 g/mol. The van der Waals surface area contributed by atoms with Crippen molar-refractivity contribution >= 4 is 11.8 Å². The second-order valence-corrected chi connectivity index (χ2v) is 5.42. The Balaban J connectivity index is 1.81. The highest BCUT2D eigenvalue weighted by Gasteiger charge is 2.40. The molecule has 0 unspecified atom stereocenters. The zero-order chi connectivity index (χ0) is 15.3. The number of methoxy groups -OCH3 is 1. The Hall–Kier alpha value is -1.18. The van der Waals surface area contributed by atoms with Crippen LogP contribution in [-0.2, 0) is 23.8 Å². The predicted octanol–water partition coefficient (Wildman–Crippen LogP) is -0.153. The summed E-state index contributed by atoms with van der Waals surface area (Å²) in [5.74, 6) is -0.627. The molecule has 0 atom stereocenters. The average molecular weight is 300 g/mol. The third-order valence-electron chi connectivity index (χ3n) is 4.03. The van der Waals surface area contributed by atoms with Gasteiger partial charge in [-0.2, -0.15) is 0 Å². The minimum absolute atomic E-state index is 0.0332. The monoisotopic (exact) mass is 300 g/mol. The third kappa shape index (κ3) is 4.15. The Bertz CT molecular complexity index is 372. The van der Waals surface area contributed by atoms with Crippen LogP contribution in [-0.4, -0.2) is 80.5 Å². The minimum Gasteiger partial charge on any atom is -0.383 e.